The highest BCUT2D eigenvalue weighted by Gasteiger charge is 2.14. The lowest BCUT2D eigenvalue weighted by Crippen LogP contribution is -2.29. The van der Waals surface area contributed by atoms with Crippen LogP contribution in [0.15, 0.2) is 23.1 Å². The number of fused-ring (bicyclic) bond motifs is 1. The second-order valence-corrected chi connectivity index (χ2v) is 4.97. The number of aromatic nitrogens is 2. The Kier molecular flexibility index (Phi) is 5.52. The standard InChI is InChI=1S/C16H21N3O3/c1-3-5-6-9-17-16(21)11-10-18-12-7-8-13(22-4-2)19-14(12)15(11)20/h7-8,10H,3-6,9H2,1-2H3,(H,17,21)(H,18,20). The first-order valence-corrected chi connectivity index (χ1v) is 7.60. The zero-order valence-corrected chi connectivity index (χ0v) is 12.9. The normalized spacial score (nSPS) is 10.6. The monoisotopic (exact) mass is 303 g/mol. The summed E-state index contributed by atoms with van der Waals surface area (Å²) in [6.07, 6.45) is 4.46. The molecule has 0 fully saturated rings. The number of nitrogens with zero attached hydrogens (tertiary/aromatic N) is 1. The topological polar surface area (TPSA) is 84.1 Å². The van der Waals surface area contributed by atoms with Crippen LogP contribution in [0.1, 0.15) is 43.5 Å². The summed E-state index contributed by atoms with van der Waals surface area (Å²) in [7, 11) is 0. The van der Waals surface area contributed by atoms with Gasteiger partial charge < -0.3 is 15.0 Å². The van der Waals surface area contributed by atoms with Crippen LogP contribution in [0.2, 0.25) is 0 Å². The van der Waals surface area contributed by atoms with Crippen LogP contribution in [0.4, 0.5) is 0 Å². The summed E-state index contributed by atoms with van der Waals surface area (Å²) in [5.74, 6) is 0.00358. The molecule has 2 N–H and O–H groups in total. The minimum atomic E-state index is -0.386. The summed E-state index contributed by atoms with van der Waals surface area (Å²) < 4.78 is 5.30. The third kappa shape index (κ3) is 3.63. The Morgan fingerprint density at radius 2 is 2.14 bits per heavy atom. The molecule has 22 heavy (non-hydrogen) atoms. The maximum atomic E-state index is 12.4. The van der Waals surface area contributed by atoms with Crippen molar-refractivity contribution in [2.24, 2.45) is 0 Å². The summed E-state index contributed by atoms with van der Waals surface area (Å²) in [5.41, 5.74) is 0.483. The minimum absolute atomic E-state index is 0.0742. The zero-order valence-electron chi connectivity index (χ0n) is 12.9. The van der Waals surface area contributed by atoms with E-state index >= 15 is 0 Å². The van der Waals surface area contributed by atoms with Gasteiger partial charge in [0.25, 0.3) is 5.91 Å². The molecule has 2 aromatic rings. The average molecular weight is 303 g/mol. The second-order valence-electron chi connectivity index (χ2n) is 4.97. The first-order chi connectivity index (χ1) is 10.7. The Morgan fingerprint density at radius 1 is 1.32 bits per heavy atom. The van der Waals surface area contributed by atoms with E-state index in [0.29, 0.717) is 24.5 Å². The van der Waals surface area contributed by atoms with Gasteiger partial charge in [0.05, 0.1) is 12.1 Å². The van der Waals surface area contributed by atoms with Gasteiger partial charge in [-0.05, 0) is 19.4 Å². The van der Waals surface area contributed by atoms with E-state index in [1.165, 1.54) is 6.20 Å². The molecule has 118 valence electrons. The number of hydrogen-bond donors (Lipinski definition) is 2. The average Bonchev–Trinajstić information content (AvgIpc) is 2.52. The first kappa shape index (κ1) is 16.0. The van der Waals surface area contributed by atoms with Crippen LogP contribution in [0.5, 0.6) is 5.88 Å². The highest BCUT2D eigenvalue weighted by molar-refractivity contribution is 5.96. The summed E-state index contributed by atoms with van der Waals surface area (Å²) in [4.78, 5) is 31.6. The van der Waals surface area contributed by atoms with Crippen molar-refractivity contribution in [3.8, 4) is 5.88 Å². The molecule has 0 aliphatic heterocycles. The van der Waals surface area contributed by atoms with Crippen molar-refractivity contribution in [1.29, 1.82) is 0 Å². The van der Waals surface area contributed by atoms with Crippen LogP contribution in [-0.2, 0) is 0 Å². The quantitative estimate of drug-likeness (QED) is 0.768. The number of H-pyrrole nitrogens is 1. The van der Waals surface area contributed by atoms with E-state index in [2.05, 4.69) is 22.2 Å². The molecular weight excluding hydrogens is 282 g/mol. The molecule has 0 saturated carbocycles. The zero-order chi connectivity index (χ0) is 15.9. The highest BCUT2D eigenvalue weighted by Crippen LogP contribution is 2.12. The molecule has 0 saturated heterocycles. The number of amides is 1. The smallest absolute Gasteiger partial charge is 0.256 e. The molecule has 0 spiro atoms. The summed E-state index contributed by atoms with van der Waals surface area (Å²) in [6.45, 7) is 4.97. The van der Waals surface area contributed by atoms with Crippen molar-refractivity contribution in [3.05, 3.63) is 34.1 Å². The predicted molar refractivity (Wildman–Crippen MR) is 85.4 cm³/mol. The molecule has 2 heterocycles. The molecule has 1 amide bonds. The fraction of sp³-hybridized carbons (Fsp3) is 0.438. The van der Waals surface area contributed by atoms with Crippen molar-refractivity contribution in [2.45, 2.75) is 33.1 Å². The van der Waals surface area contributed by atoms with Crippen molar-refractivity contribution >= 4 is 16.9 Å². The third-order valence-corrected chi connectivity index (χ3v) is 3.30. The number of unbranched alkanes of at least 4 members (excludes halogenated alkanes) is 2. The Balaban J connectivity index is 2.25. The van der Waals surface area contributed by atoms with Gasteiger partial charge in [0.15, 0.2) is 0 Å². The Hall–Kier alpha value is -2.37. The molecule has 0 aromatic carbocycles. The van der Waals surface area contributed by atoms with Gasteiger partial charge in [0.1, 0.15) is 11.1 Å². The van der Waals surface area contributed by atoms with E-state index in [0.717, 1.165) is 19.3 Å². The van der Waals surface area contributed by atoms with Gasteiger partial charge in [0.2, 0.25) is 11.3 Å². The lowest BCUT2D eigenvalue weighted by Gasteiger charge is -2.06. The van der Waals surface area contributed by atoms with Gasteiger partial charge in [-0.1, -0.05) is 19.8 Å². The number of aromatic amines is 1. The molecule has 0 radical (unpaired) electrons. The van der Waals surface area contributed by atoms with E-state index < -0.39 is 0 Å². The molecule has 0 aliphatic carbocycles. The van der Waals surface area contributed by atoms with Crippen LogP contribution < -0.4 is 15.5 Å². The molecule has 0 unspecified atom stereocenters. The van der Waals surface area contributed by atoms with E-state index in [-0.39, 0.29) is 22.4 Å². The Bertz CT molecular complexity index is 709. The van der Waals surface area contributed by atoms with Gasteiger partial charge in [-0.2, -0.15) is 0 Å². The number of pyridine rings is 2. The number of carbonyl (C=O) groups excluding carboxylic acids is 1. The summed E-state index contributed by atoms with van der Waals surface area (Å²) >= 11 is 0. The van der Waals surface area contributed by atoms with Gasteiger partial charge >= 0.3 is 0 Å². The molecule has 0 bridgehead atoms. The van der Waals surface area contributed by atoms with Crippen molar-refractivity contribution < 1.29 is 9.53 Å². The molecule has 6 nitrogen and oxygen atoms in total. The Labute approximate surface area is 128 Å². The van der Waals surface area contributed by atoms with Crippen LogP contribution in [0, 0.1) is 0 Å². The van der Waals surface area contributed by atoms with E-state index in [1.54, 1.807) is 12.1 Å². The fourth-order valence-electron chi connectivity index (χ4n) is 2.14. The Morgan fingerprint density at radius 3 is 2.86 bits per heavy atom. The summed E-state index contributed by atoms with van der Waals surface area (Å²) in [5, 5.41) is 2.76. The number of rotatable bonds is 7. The molecule has 0 aliphatic rings. The van der Waals surface area contributed by atoms with Gasteiger partial charge in [-0.3, -0.25) is 9.59 Å². The first-order valence-electron chi connectivity index (χ1n) is 7.60. The van der Waals surface area contributed by atoms with Gasteiger partial charge in [0, 0.05) is 18.8 Å². The van der Waals surface area contributed by atoms with Crippen LogP contribution in [0.3, 0.4) is 0 Å². The van der Waals surface area contributed by atoms with Gasteiger partial charge in [-0.25, -0.2) is 4.98 Å². The van der Waals surface area contributed by atoms with Gasteiger partial charge in [-0.15, -0.1) is 0 Å². The van der Waals surface area contributed by atoms with E-state index in [4.69, 9.17) is 4.74 Å². The number of nitrogens with one attached hydrogen (secondary N) is 2. The lowest BCUT2D eigenvalue weighted by atomic mass is 10.2. The molecular formula is C16H21N3O3. The third-order valence-electron chi connectivity index (χ3n) is 3.30. The van der Waals surface area contributed by atoms with Crippen LogP contribution in [-0.4, -0.2) is 29.0 Å². The maximum absolute atomic E-state index is 12.4. The largest absolute Gasteiger partial charge is 0.478 e. The molecule has 2 rings (SSSR count). The molecule has 2 aromatic heterocycles. The number of carbonyl (C=O) groups is 1. The molecule has 6 heteroatoms. The van der Waals surface area contributed by atoms with Crippen molar-refractivity contribution in [2.75, 3.05) is 13.2 Å². The van der Waals surface area contributed by atoms with Crippen molar-refractivity contribution in [3.63, 3.8) is 0 Å². The van der Waals surface area contributed by atoms with E-state index in [9.17, 15) is 9.59 Å². The number of ether oxygens (including phenoxy) is 1. The SMILES string of the molecule is CCCCCNC(=O)c1c[nH]c2ccc(OCC)nc2c1=O. The van der Waals surface area contributed by atoms with Crippen LogP contribution >= 0.6 is 0 Å². The van der Waals surface area contributed by atoms with E-state index in [1.807, 2.05) is 6.92 Å². The second kappa shape index (κ2) is 7.59. The maximum Gasteiger partial charge on any atom is 0.256 e. The predicted octanol–water partition coefficient (Wildman–Crippen LogP) is 2.24. The number of hydrogen-bond acceptors (Lipinski definition) is 4. The highest BCUT2D eigenvalue weighted by atomic mass is 16.5. The fourth-order valence-corrected chi connectivity index (χ4v) is 2.14. The summed E-state index contributed by atoms with van der Waals surface area (Å²) in [6, 6.07) is 3.41. The van der Waals surface area contributed by atoms with Crippen LogP contribution in [0.25, 0.3) is 11.0 Å². The molecule has 0 atom stereocenters. The lowest BCUT2D eigenvalue weighted by molar-refractivity contribution is 0.0951. The minimum Gasteiger partial charge on any atom is -0.478 e. The van der Waals surface area contributed by atoms with Crippen molar-refractivity contribution in [1.82, 2.24) is 15.3 Å².